The van der Waals surface area contributed by atoms with E-state index in [1.54, 1.807) is 6.92 Å². The Labute approximate surface area is 60.4 Å². The van der Waals surface area contributed by atoms with Gasteiger partial charge in [-0.3, -0.25) is 4.79 Å². The van der Waals surface area contributed by atoms with Crippen LogP contribution in [0.1, 0.15) is 13.3 Å². The van der Waals surface area contributed by atoms with E-state index >= 15 is 0 Å². The molecule has 0 radical (unpaired) electrons. The van der Waals surface area contributed by atoms with Crippen molar-refractivity contribution in [1.29, 1.82) is 0 Å². The van der Waals surface area contributed by atoms with E-state index in [1.165, 1.54) is 0 Å². The third kappa shape index (κ3) is 5.13. The summed E-state index contributed by atoms with van der Waals surface area (Å²) < 4.78 is 0. The number of aliphatic hydroxyl groups is 1. The van der Waals surface area contributed by atoms with Crippen LogP contribution in [0.15, 0.2) is 0 Å². The molecule has 2 N–H and O–H groups in total. The number of aliphatic hydroxyl groups excluding tert-OH is 1. The summed E-state index contributed by atoms with van der Waals surface area (Å²) >= 11 is 0. The van der Waals surface area contributed by atoms with Crippen molar-refractivity contribution in [3.05, 3.63) is 0 Å². The van der Waals surface area contributed by atoms with Crippen LogP contribution < -0.4 is 5.32 Å². The maximum absolute atomic E-state index is 10.6. The molecule has 0 aromatic heterocycles. The molecule has 0 aliphatic heterocycles. The number of carbonyl (C=O) groups is 1. The zero-order valence-electron chi connectivity index (χ0n) is 5.92. The van der Waals surface area contributed by atoms with Gasteiger partial charge in [-0.2, -0.15) is 0 Å². The second-order valence-corrected chi connectivity index (χ2v) is 2.03. The second-order valence-electron chi connectivity index (χ2n) is 2.03. The predicted molar refractivity (Wildman–Crippen MR) is 38.1 cm³/mol. The van der Waals surface area contributed by atoms with E-state index in [4.69, 9.17) is 11.5 Å². The quantitative estimate of drug-likeness (QED) is 0.521. The Kier molecular flexibility index (Phi) is 4.34. The van der Waals surface area contributed by atoms with Crippen LogP contribution in [0.5, 0.6) is 0 Å². The monoisotopic (exact) mass is 141 g/mol. The predicted octanol–water partition coefficient (Wildman–Crippen LogP) is -0.493. The van der Waals surface area contributed by atoms with Crippen LogP contribution in [-0.4, -0.2) is 23.7 Å². The van der Waals surface area contributed by atoms with Gasteiger partial charge in [-0.1, -0.05) is 5.92 Å². The molecule has 0 bridgehead atoms. The average molecular weight is 141 g/mol. The zero-order valence-corrected chi connectivity index (χ0v) is 5.92. The first-order valence-corrected chi connectivity index (χ1v) is 3.05. The Balaban J connectivity index is 3.33. The molecule has 10 heavy (non-hydrogen) atoms. The average Bonchev–Trinajstić information content (AvgIpc) is 1.85. The lowest BCUT2D eigenvalue weighted by atomic mass is 10.3. The molecule has 0 fully saturated rings. The van der Waals surface area contributed by atoms with Gasteiger partial charge in [0.1, 0.15) is 0 Å². The molecule has 1 amide bonds. The highest BCUT2D eigenvalue weighted by Gasteiger charge is 1.98. The molecule has 0 aromatic rings. The van der Waals surface area contributed by atoms with Gasteiger partial charge in [-0.25, -0.2) is 0 Å². The summed E-state index contributed by atoms with van der Waals surface area (Å²) in [5.74, 6) is 1.98. The number of carbonyl (C=O) groups excluding carboxylic acids is 1. The van der Waals surface area contributed by atoms with Crippen molar-refractivity contribution < 1.29 is 9.90 Å². The van der Waals surface area contributed by atoms with Crippen molar-refractivity contribution in [3.63, 3.8) is 0 Å². The molecular weight excluding hydrogens is 130 g/mol. The summed E-state index contributed by atoms with van der Waals surface area (Å²) in [5, 5.41) is 11.2. The molecular formula is C7H11NO2. The molecule has 3 nitrogen and oxygen atoms in total. The lowest BCUT2D eigenvalue weighted by Gasteiger charge is -2.03. The summed E-state index contributed by atoms with van der Waals surface area (Å²) in [6.07, 6.45) is 4.43. The minimum absolute atomic E-state index is 0.0761. The first kappa shape index (κ1) is 8.99. The van der Waals surface area contributed by atoms with Gasteiger partial charge in [0.2, 0.25) is 5.91 Å². The van der Waals surface area contributed by atoms with E-state index in [-0.39, 0.29) is 18.9 Å². The zero-order chi connectivity index (χ0) is 7.98. The molecule has 0 heterocycles. The first-order chi connectivity index (χ1) is 4.66. The van der Waals surface area contributed by atoms with Crippen molar-refractivity contribution in [2.24, 2.45) is 0 Å². The van der Waals surface area contributed by atoms with E-state index in [0.29, 0.717) is 0 Å². The fraction of sp³-hybridized carbons (Fsp3) is 0.571. The third-order valence-electron chi connectivity index (χ3n) is 0.857. The molecule has 56 valence electrons. The number of amides is 1. The normalized spacial score (nSPS) is 11.7. The Morgan fingerprint density at radius 2 is 2.50 bits per heavy atom. The van der Waals surface area contributed by atoms with E-state index in [2.05, 4.69) is 11.2 Å². The van der Waals surface area contributed by atoms with Gasteiger partial charge < -0.3 is 10.4 Å². The molecule has 0 aromatic carbocycles. The Morgan fingerprint density at radius 3 is 2.90 bits per heavy atom. The highest BCUT2D eigenvalue weighted by atomic mass is 16.3. The van der Waals surface area contributed by atoms with E-state index < -0.39 is 6.10 Å². The van der Waals surface area contributed by atoms with Crippen LogP contribution in [0.25, 0.3) is 0 Å². The van der Waals surface area contributed by atoms with Crippen LogP contribution in [0.3, 0.4) is 0 Å². The highest BCUT2D eigenvalue weighted by molar-refractivity contribution is 5.78. The lowest BCUT2D eigenvalue weighted by molar-refractivity contribution is -0.120. The standard InChI is InChI=1S/C7H11NO2/c1-3-4-7(10)8-5-6(2)9/h1,6,9H,4-5H2,2H3,(H,8,10). The topological polar surface area (TPSA) is 49.3 Å². The number of hydrogen-bond donors (Lipinski definition) is 2. The fourth-order valence-corrected chi connectivity index (χ4v) is 0.417. The molecule has 0 aliphatic carbocycles. The Hall–Kier alpha value is -1.01. The number of rotatable bonds is 3. The first-order valence-electron chi connectivity index (χ1n) is 3.05. The van der Waals surface area contributed by atoms with Gasteiger partial charge >= 0.3 is 0 Å². The minimum atomic E-state index is -0.512. The van der Waals surface area contributed by atoms with Crippen molar-refractivity contribution in [2.75, 3.05) is 6.54 Å². The number of hydrogen-bond acceptors (Lipinski definition) is 2. The second kappa shape index (κ2) is 4.83. The lowest BCUT2D eigenvalue weighted by Crippen LogP contribution is -2.29. The highest BCUT2D eigenvalue weighted by Crippen LogP contribution is 1.78. The summed E-state index contributed by atoms with van der Waals surface area (Å²) in [7, 11) is 0. The van der Waals surface area contributed by atoms with Gasteiger partial charge in [0, 0.05) is 6.54 Å². The molecule has 0 spiro atoms. The van der Waals surface area contributed by atoms with Gasteiger partial charge in [0.25, 0.3) is 0 Å². The minimum Gasteiger partial charge on any atom is -0.392 e. The van der Waals surface area contributed by atoms with Crippen LogP contribution in [-0.2, 0) is 4.79 Å². The number of nitrogens with one attached hydrogen (secondary N) is 1. The molecule has 0 saturated heterocycles. The van der Waals surface area contributed by atoms with E-state index in [0.717, 1.165) is 0 Å². The molecule has 3 heteroatoms. The van der Waals surface area contributed by atoms with Crippen molar-refractivity contribution >= 4 is 5.91 Å². The molecule has 0 aliphatic rings. The third-order valence-corrected chi connectivity index (χ3v) is 0.857. The Morgan fingerprint density at radius 1 is 1.90 bits per heavy atom. The van der Waals surface area contributed by atoms with Crippen molar-refractivity contribution in [2.45, 2.75) is 19.4 Å². The van der Waals surface area contributed by atoms with Crippen LogP contribution in [0.4, 0.5) is 0 Å². The van der Waals surface area contributed by atoms with Crippen LogP contribution in [0, 0.1) is 12.3 Å². The van der Waals surface area contributed by atoms with Gasteiger partial charge in [0.05, 0.1) is 12.5 Å². The summed E-state index contributed by atoms with van der Waals surface area (Å²) in [6.45, 7) is 1.86. The maximum atomic E-state index is 10.6. The van der Waals surface area contributed by atoms with Gasteiger partial charge in [-0.15, -0.1) is 6.42 Å². The van der Waals surface area contributed by atoms with E-state index in [1.807, 2.05) is 0 Å². The summed E-state index contributed by atoms with van der Waals surface area (Å²) in [4.78, 5) is 10.6. The molecule has 0 rings (SSSR count). The maximum Gasteiger partial charge on any atom is 0.232 e. The summed E-state index contributed by atoms with van der Waals surface area (Å²) in [6, 6.07) is 0. The van der Waals surface area contributed by atoms with Crippen LogP contribution in [0.2, 0.25) is 0 Å². The largest absolute Gasteiger partial charge is 0.392 e. The van der Waals surface area contributed by atoms with Gasteiger partial charge in [-0.05, 0) is 6.92 Å². The van der Waals surface area contributed by atoms with Gasteiger partial charge in [0.15, 0.2) is 0 Å². The molecule has 1 unspecified atom stereocenters. The smallest absolute Gasteiger partial charge is 0.232 e. The van der Waals surface area contributed by atoms with Crippen molar-refractivity contribution in [3.8, 4) is 12.3 Å². The van der Waals surface area contributed by atoms with Crippen molar-refractivity contribution in [1.82, 2.24) is 5.32 Å². The van der Waals surface area contributed by atoms with Crippen LogP contribution >= 0.6 is 0 Å². The number of terminal acetylenes is 1. The molecule has 0 saturated carbocycles. The Bertz CT molecular complexity index is 146. The van der Waals surface area contributed by atoms with E-state index in [9.17, 15) is 4.79 Å². The summed E-state index contributed by atoms with van der Waals surface area (Å²) in [5.41, 5.74) is 0. The SMILES string of the molecule is C#CCC(=O)NCC(C)O. The fourth-order valence-electron chi connectivity index (χ4n) is 0.417. The molecule has 1 atom stereocenters.